The predicted octanol–water partition coefficient (Wildman–Crippen LogP) is 2.47. The molecular weight excluding hydrogens is 268 g/mol. The third-order valence-corrected chi connectivity index (χ3v) is 2.62. The van der Waals surface area contributed by atoms with E-state index in [-0.39, 0.29) is 0 Å². The molecule has 0 aliphatic rings. The summed E-state index contributed by atoms with van der Waals surface area (Å²) in [6.45, 7) is 6.47. The van der Waals surface area contributed by atoms with Crippen LogP contribution in [0.15, 0.2) is 36.5 Å². The number of rotatable bonds is 4. The SMILES string of the molecule is CC(C)(C)OC(=O)NCCn1cc(-c2ccccc2)nn1. The van der Waals surface area contributed by atoms with E-state index in [1.54, 1.807) is 4.68 Å². The van der Waals surface area contributed by atoms with Crippen LogP contribution in [0.3, 0.4) is 0 Å². The third kappa shape index (κ3) is 4.91. The lowest BCUT2D eigenvalue weighted by molar-refractivity contribution is 0.0525. The van der Waals surface area contributed by atoms with Crippen molar-refractivity contribution in [2.24, 2.45) is 0 Å². The Balaban J connectivity index is 1.83. The van der Waals surface area contributed by atoms with Gasteiger partial charge in [0.1, 0.15) is 11.3 Å². The van der Waals surface area contributed by atoms with Crippen LogP contribution in [0.5, 0.6) is 0 Å². The van der Waals surface area contributed by atoms with Crippen molar-refractivity contribution in [2.45, 2.75) is 32.9 Å². The van der Waals surface area contributed by atoms with Crippen LogP contribution in [0.25, 0.3) is 11.3 Å². The minimum absolute atomic E-state index is 0.425. The van der Waals surface area contributed by atoms with E-state index < -0.39 is 11.7 Å². The van der Waals surface area contributed by atoms with Crippen molar-refractivity contribution < 1.29 is 9.53 Å². The fraction of sp³-hybridized carbons (Fsp3) is 0.400. The van der Waals surface area contributed by atoms with Crippen molar-refractivity contribution in [1.82, 2.24) is 20.3 Å². The number of carbonyl (C=O) groups excluding carboxylic acids is 1. The Morgan fingerprint density at radius 3 is 2.67 bits per heavy atom. The molecule has 0 spiro atoms. The maximum absolute atomic E-state index is 11.5. The van der Waals surface area contributed by atoms with E-state index in [9.17, 15) is 4.79 Å². The van der Waals surface area contributed by atoms with Crippen LogP contribution < -0.4 is 5.32 Å². The van der Waals surface area contributed by atoms with E-state index in [0.29, 0.717) is 13.1 Å². The number of nitrogens with zero attached hydrogens (tertiary/aromatic N) is 3. The number of carbonyl (C=O) groups is 1. The van der Waals surface area contributed by atoms with Crippen LogP contribution >= 0.6 is 0 Å². The van der Waals surface area contributed by atoms with Gasteiger partial charge in [-0.25, -0.2) is 4.79 Å². The van der Waals surface area contributed by atoms with E-state index in [1.165, 1.54) is 0 Å². The summed E-state index contributed by atoms with van der Waals surface area (Å²) in [6.07, 6.45) is 1.43. The average Bonchev–Trinajstić information content (AvgIpc) is 2.86. The molecule has 0 saturated heterocycles. The van der Waals surface area contributed by atoms with Crippen molar-refractivity contribution in [3.8, 4) is 11.3 Å². The molecule has 2 aromatic rings. The quantitative estimate of drug-likeness (QED) is 0.938. The van der Waals surface area contributed by atoms with Gasteiger partial charge in [-0.1, -0.05) is 35.5 Å². The Kier molecular flexibility index (Phi) is 4.57. The number of hydrogen-bond acceptors (Lipinski definition) is 4. The van der Waals surface area contributed by atoms with Gasteiger partial charge in [-0.15, -0.1) is 5.10 Å². The molecule has 0 radical (unpaired) electrons. The van der Waals surface area contributed by atoms with Gasteiger partial charge in [-0.05, 0) is 20.8 Å². The molecule has 1 N–H and O–H groups in total. The zero-order chi connectivity index (χ0) is 15.3. The first-order chi connectivity index (χ1) is 9.94. The molecule has 1 heterocycles. The highest BCUT2D eigenvalue weighted by atomic mass is 16.6. The van der Waals surface area contributed by atoms with Gasteiger partial charge in [0.2, 0.25) is 0 Å². The summed E-state index contributed by atoms with van der Waals surface area (Å²) in [5.74, 6) is 0. The molecule has 0 saturated carbocycles. The van der Waals surface area contributed by atoms with Crippen LogP contribution in [-0.2, 0) is 11.3 Å². The Morgan fingerprint density at radius 2 is 2.00 bits per heavy atom. The minimum atomic E-state index is -0.488. The molecule has 112 valence electrons. The molecule has 2 rings (SSSR count). The first-order valence-corrected chi connectivity index (χ1v) is 6.86. The Morgan fingerprint density at radius 1 is 1.29 bits per heavy atom. The second-order valence-electron chi connectivity index (χ2n) is 5.66. The zero-order valence-corrected chi connectivity index (χ0v) is 12.5. The number of nitrogens with one attached hydrogen (secondary N) is 1. The predicted molar refractivity (Wildman–Crippen MR) is 79.7 cm³/mol. The second kappa shape index (κ2) is 6.39. The van der Waals surface area contributed by atoms with Crippen molar-refractivity contribution in [2.75, 3.05) is 6.54 Å². The normalized spacial score (nSPS) is 11.2. The topological polar surface area (TPSA) is 69.0 Å². The average molecular weight is 288 g/mol. The molecule has 0 atom stereocenters. The van der Waals surface area contributed by atoms with Crippen molar-refractivity contribution in [3.63, 3.8) is 0 Å². The number of benzene rings is 1. The standard InChI is InChI=1S/C15H20N4O2/c1-15(2,3)21-14(20)16-9-10-19-11-13(17-18-19)12-7-5-4-6-8-12/h4-8,11H,9-10H2,1-3H3,(H,16,20). The number of alkyl carbamates (subject to hydrolysis) is 1. The van der Waals surface area contributed by atoms with Crippen LogP contribution in [0.4, 0.5) is 4.79 Å². The molecule has 21 heavy (non-hydrogen) atoms. The number of hydrogen-bond donors (Lipinski definition) is 1. The van der Waals surface area contributed by atoms with Gasteiger partial charge in [-0.3, -0.25) is 4.68 Å². The third-order valence-electron chi connectivity index (χ3n) is 2.62. The lowest BCUT2D eigenvalue weighted by atomic mass is 10.2. The summed E-state index contributed by atoms with van der Waals surface area (Å²) in [5.41, 5.74) is 1.34. The number of ether oxygens (including phenoxy) is 1. The monoisotopic (exact) mass is 288 g/mol. The molecule has 6 nitrogen and oxygen atoms in total. The van der Waals surface area contributed by atoms with Gasteiger partial charge in [0, 0.05) is 12.1 Å². The highest BCUT2D eigenvalue weighted by Crippen LogP contribution is 2.14. The lowest BCUT2D eigenvalue weighted by Gasteiger charge is -2.19. The van der Waals surface area contributed by atoms with Crippen LogP contribution in [0.1, 0.15) is 20.8 Å². The summed E-state index contributed by atoms with van der Waals surface area (Å²) < 4.78 is 6.85. The van der Waals surface area contributed by atoms with E-state index in [4.69, 9.17) is 4.74 Å². The molecule has 0 fully saturated rings. The smallest absolute Gasteiger partial charge is 0.407 e. The molecule has 0 aliphatic heterocycles. The van der Waals surface area contributed by atoms with Crippen LogP contribution in [0.2, 0.25) is 0 Å². The Labute approximate surface area is 124 Å². The van der Waals surface area contributed by atoms with Crippen molar-refractivity contribution in [3.05, 3.63) is 36.5 Å². The molecular formula is C15H20N4O2. The summed E-state index contributed by atoms with van der Waals surface area (Å²) in [6, 6.07) is 9.83. The van der Waals surface area contributed by atoms with Gasteiger partial charge in [0.25, 0.3) is 0 Å². The van der Waals surface area contributed by atoms with Crippen molar-refractivity contribution >= 4 is 6.09 Å². The Bertz CT molecular complexity index is 587. The van der Waals surface area contributed by atoms with E-state index in [1.807, 2.05) is 57.3 Å². The first kappa shape index (κ1) is 15.0. The van der Waals surface area contributed by atoms with Crippen molar-refractivity contribution in [1.29, 1.82) is 0 Å². The molecule has 1 amide bonds. The van der Waals surface area contributed by atoms with E-state index in [0.717, 1.165) is 11.3 Å². The summed E-state index contributed by atoms with van der Waals surface area (Å²) in [5, 5.41) is 10.8. The Hall–Kier alpha value is -2.37. The van der Waals surface area contributed by atoms with Gasteiger partial charge in [0.05, 0.1) is 12.7 Å². The van der Waals surface area contributed by atoms with Gasteiger partial charge in [0.15, 0.2) is 0 Å². The fourth-order valence-corrected chi connectivity index (χ4v) is 1.74. The minimum Gasteiger partial charge on any atom is -0.444 e. The maximum atomic E-state index is 11.5. The molecule has 0 unspecified atom stereocenters. The van der Waals surface area contributed by atoms with E-state index >= 15 is 0 Å². The van der Waals surface area contributed by atoms with E-state index in [2.05, 4.69) is 15.6 Å². The molecule has 0 aliphatic carbocycles. The van der Waals surface area contributed by atoms with Gasteiger partial charge >= 0.3 is 6.09 Å². The molecule has 1 aromatic heterocycles. The van der Waals surface area contributed by atoms with Gasteiger partial charge < -0.3 is 10.1 Å². The second-order valence-corrected chi connectivity index (χ2v) is 5.66. The summed E-state index contributed by atoms with van der Waals surface area (Å²) >= 11 is 0. The number of amides is 1. The van der Waals surface area contributed by atoms with Crippen LogP contribution in [0, 0.1) is 0 Å². The molecule has 6 heteroatoms. The first-order valence-electron chi connectivity index (χ1n) is 6.86. The molecule has 0 bridgehead atoms. The van der Waals surface area contributed by atoms with Crippen LogP contribution in [-0.4, -0.2) is 33.2 Å². The largest absolute Gasteiger partial charge is 0.444 e. The lowest BCUT2D eigenvalue weighted by Crippen LogP contribution is -2.34. The summed E-state index contributed by atoms with van der Waals surface area (Å²) in [7, 11) is 0. The highest BCUT2D eigenvalue weighted by molar-refractivity contribution is 5.67. The number of aromatic nitrogens is 3. The molecule has 1 aromatic carbocycles. The van der Waals surface area contributed by atoms with Gasteiger partial charge in [-0.2, -0.15) is 0 Å². The summed E-state index contributed by atoms with van der Waals surface area (Å²) in [4.78, 5) is 11.5. The fourth-order valence-electron chi connectivity index (χ4n) is 1.74. The maximum Gasteiger partial charge on any atom is 0.407 e. The zero-order valence-electron chi connectivity index (χ0n) is 12.5. The highest BCUT2D eigenvalue weighted by Gasteiger charge is 2.15.